The van der Waals surface area contributed by atoms with E-state index < -0.39 is 0 Å². The van der Waals surface area contributed by atoms with E-state index in [1.807, 2.05) is 0 Å². The van der Waals surface area contributed by atoms with Crippen LogP contribution in [-0.2, 0) is 0 Å². The number of halogens is 2. The van der Waals surface area contributed by atoms with Gasteiger partial charge in [-0.2, -0.15) is 0 Å². The fraction of sp³-hybridized carbons (Fsp3) is 0.0909. The number of ether oxygens (including phenoxy) is 1. The van der Waals surface area contributed by atoms with Crippen LogP contribution in [0.4, 0.5) is 0 Å². The van der Waals surface area contributed by atoms with Gasteiger partial charge in [0, 0.05) is 23.5 Å². The van der Waals surface area contributed by atoms with Crippen molar-refractivity contribution in [2.24, 2.45) is 0 Å². The minimum Gasteiger partial charge on any atom is -0.482 e. The molecule has 0 N–H and O–H groups in total. The van der Waals surface area contributed by atoms with Crippen LogP contribution in [0.5, 0.6) is 5.75 Å². The lowest BCUT2D eigenvalue weighted by Gasteiger charge is -2.07. The molecular formula is C11H8Cl2N2O2. The number of hydrogen-bond acceptors (Lipinski definition) is 3. The molecule has 0 aliphatic carbocycles. The Morgan fingerprint density at radius 3 is 2.94 bits per heavy atom. The van der Waals surface area contributed by atoms with Gasteiger partial charge in [0.15, 0.2) is 6.61 Å². The molecule has 17 heavy (non-hydrogen) atoms. The van der Waals surface area contributed by atoms with Crippen molar-refractivity contribution in [1.29, 1.82) is 0 Å². The summed E-state index contributed by atoms with van der Waals surface area (Å²) in [5.74, 6) is 0.145. The molecule has 88 valence electrons. The summed E-state index contributed by atoms with van der Waals surface area (Å²) in [5, 5.41) is 0.910. The van der Waals surface area contributed by atoms with E-state index in [1.54, 1.807) is 24.4 Å². The molecule has 2 aromatic rings. The van der Waals surface area contributed by atoms with Crippen molar-refractivity contribution in [2.75, 3.05) is 6.61 Å². The SMILES string of the molecule is O=C(COc1cc(Cl)ccc1Cl)n1ccnc1. The monoisotopic (exact) mass is 270 g/mol. The Hall–Kier alpha value is -1.52. The Labute approximate surface area is 108 Å². The van der Waals surface area contributed by atoms with Crippen molar-refractivity contribution < 1.29 is 9.53 Å². The van der Waals surface area contributed by atoms with Crippen molar-refractivity contribution in [2.45, 2.75) is 0 Å². The summed E-state index contributed by atoms with van der Waals surface area (Å²) < 4.78 is 6.62. The van der Waals surface area contributed by atoms with Crippen molar-refractivity contribution in [3.05, 3.63) is 47.0 Å². The Kier molecular flexibility index (Phi) is 3.66. The lowest BCUT2D eigenvalue weighted by atomic mass is 10.3. The minimum atomic E-state index is -0.237. The van der Waals surface area contributed by atoms with Crippen LogP contribution in [0.25, 0.3) is 0 Å². The fourth-order valence-corrected chi connectivity index (χ4v) is 1.54. The van der Waals surface area contributed by atoms with Crippen LogP contribution in [0, 0.1) is 0 Å². The maximum Gasteiger partial charge on any atom is 0.269 e. The molecule has 2 rings (SSSR count). The molecule has 0 unspecified atom stereocenters. The Bertz CT molecular complexity index is 526. The molecule has 1 aromatic carbocycles. The molecule has 0 saturated carbocycles. The highest BCUT2D eigenvalue weighted by Crippen LogP contribution is 2.27. The number of rotatable bonds is 3. The first-order valence-electron chi connectivity index (χ1n) is 4.76. The summed E-state index contributed by atoms with van der Waals surface area (Å²) in [4.78, 5) is 15.4. The van der Waals surface area contributed by atoms with Crippen LogP contribution in [0.1, 0.15) is 4.79 Å². The molecule has 1 heterocycles. The van der Waals surface area contributed by atoms with Gasteiger partial charge in [-0.05, 0) is 12.1 Å². The van der Waals surface area contributed by atoms with Crippen LogP contribution in [0.3, 0.4) is 0 Å². The average Bonchev–Trinajstić information content (AvgIpc) is 2.83. The summed E-state index contributed by atoms with van der Waals surface area (Å²) in [7, 11) is 0. The van der Waals surface area contributed by atoms with Gasteiger partial charge in [-0.1, -0.05) is 23.2 Å². The van der Waals surface area contributed by atoms with E-state index >= 15 is 0 Å². The summed E-state index contributed by atoms with van der Waals surface area (Å²) >= 11 is 11.7. The van der Waals surface area contributed by atoms with Gasteiger partial charge in [-0.25, -0.2) is 4.98 Å². The first-order chi connectivity index (χ1) is 8.16. The zero-order valence-electron chi connectivity index (χ0n) is 8.64. The third-order valence-corrected chi connectivity index (χ3v) is 2.58. The number of aromatic nitrogens is 2. The molecule has 4 nitrogen and oxygen atoms in total. The van der Waals surface area contributed by atoms with Gasteiger partial charge in [0.2, 0.25) is 0 Å². The second kappa shape index (κ2) is 5.21. The number of imidazole rings is 1. The number of benzene rings is 1. The van der Waals surface area contributed by atoms with Crippen molar-refractivity contribution in [3.63, 3.8) is 0 Å². The average molecular weight is 271 g/mol. The second-order valence-corrected chi connectivity index (χ2v) is 4.07. The maximum atomic E-state index is 11.6. The van der Waals surface area contributed by atoms with Crippen molar-refractivity contribution in [3.8, 4) is 5.75 Å². The lowest BCUT2D eigenvalue weighted by Crippen LogP contribution is -2.17. The largest absolute Gasteiger partial charge is 0.482 e. The Morgan fingerprint density at radius 2 is 2.24 bits per heavy atom. The zero-order valence-corrected chi connectivity index (χ0v) is 10.1. The van der Waals surface area contributed by atoms with E-state index in [0.29, 0.717) is 15.8 Å². The van der Waals surface area contributed by atoms with Gasteiger partial charge >= 0.3 is 0 Å². The van der Waals surface area contributed by atoms with Crippen molar-refractivity contribution in [1.82, 2.24) is 9.55 Å². The normalized spacial score (nSPS) is 10.2. The molecule has 1 aromatic heterocycles. The fourth-order valence-electron chi connectivity index (χ4n) is 1.21. The highest BCUT2D eigenvalue weighted by Gasteiger charge is 2.07. The third kappa shape index (κ3) is 2.99. The second-order valence-electron chi connectivity index (χ2n) is 3.23. The molecule has 0 bridgehead atoms. The molecule has 6 heteroatoms. The van der Waals surface area contributed by atoms with Crippen LogP contribution in [0.15, 0.2) is 36.9 Å². The standard InChI is InChI=1S/C11H8Cl2N2O2/c12-8-1-2-9(13)10(5-8)17-6-11(16)15-4-3-14-7-15/h1-5,7H,6H2. The van der Waals surface area contributed by atoms with E-state index in [1.165, 1.54) is 17.1 Å². The van der Waals surface area contributed by atoms with E-state index in [-0.39, 0.29) is 12.5 Å². The van der Waals surface area contributed by atoms with E-state index in [2.05, 4.69) is 4.98 Å². The highest BCUT2D eigenvalue weighted by atomic mass is 35.5. The quantitative estimate of drug-likeness (QED) is 0.862. The molecule has 0 spiro atoms. The summed E-state index contributed by atoms with van der Waals surface area (Å²) in [6.07, 6.45) is 4.47. The Morgan fingerprint density at radius 1 is 1.41 bits per heavy atom. The molecule has 0 radical (unpaired) electrons. The van der Waals surface area contributed by atoms with Gasteiger partial charge in [0.25, 0.3) is 5.91 Å². The molecule has 0 aliphatic heterocycles. The summed E-state index contributed by atoms with van der Waals surface area (Å²) in [6, 6.07) is 4.82. The van der Waals surface area contributed by atoms with Gasteiger partial charge in [-0.15, -0.1) is 0 Å². The topological polar surface area (TPSA) is 44.1 Å². The Balaban J connectivity index is 2.03. The number of hydrogen-bond donors (Lipinski definition) is 0. The smallest absolute Gasteiger partial charge is 0.269 e. The predicted molar refractivity (Wildman–Crippen MR) is 64.8 cm³/mol. The number of carbonyl (C=O) groups is 1. The summed E-state index contributed by atoms with van der Waals surface area (Å²) in [5.41, 5.74) is 0. The van der Waals surface area contributed by atoms with Gasteiger partial charge in [-0.3, -0.25) is 9.36 Å². The van der Waals surface area contributed by atoms with E-state index in [0.717, 1.165) is 0 Å². The first-order valence-corrected chi connectivity index (χ1v) is 5.51. The van der Waals surface area contributed by atoms with Crippen LogP contribution < -0.4 is 4.74 Å². The lowest BCUT2D eigenvalue weighted by molar-refractivity contribution is 0.0837. The number of carbonyl (C=O) groups excluding carboxylic acids is 1. The van der Waals surface area contributed by atoms with Crippen LogP contribution in [-0.4, -0.2) is 22.1 Å². The van der Waals surface area contributed by atoms with Crippen LogP contribution >= 0.6 is 23.2 Å². The molecule has 0 aliphatic rings. The zero-order chi connectivity index (χ0) is 12.3. The van der Waals surface area contributed by atoms with Crippen LogP contribution in [0.2, 0.25) is 10.0 Å². The first kappa shape index (κ1) is 12.0. The summed E-state index contributed by atoms with van der Waals surface area (Å²) in [6.45, 7) is -0.129. The molecular weight excluding hydrogens is 263 g/mol. The van der Waals surface area contributed by atoms with Crippen molar-refractivity contribution >= 4 is 29.1 Å². The minimum absolute atomic E-state index is 0.129. The van der Waals surface area contributed by atoms with E-state index in [9.17, 15) is 4.79 Å². The third-order valence-electron chi connectivity index (χ3n) is 2.04. The van der Waals surface area contributed by atoms with Gasteiger partial charge < -0.3 is 4.74 Å². The predicted octanol–water partition coefficient (Wildman–Crippen LogP) is 2.91. The molecule has 0 fully saturated rings. The maximum absolute atomic E-state index is 11.6. The number of nitrogens with zero attached hydrogens (tertiary/aromatic N) is 2. The molecule has 0 atom stereocenters. The van der Waals surface area contributed by atoms with E-state index in [4.69, 9.17) is 27.9 Å². The molecule has 0 amide bonds. The van der Waals surface area contributed by atoms with Gasteiger partial charge in [0.1, 0.15) is 12.1 Å². The highest BCUT2D eigenvalue weighted by molar-refractivity contribution is 6.34. The van der Waals surface area contributed by atoms with Gasteiger partial charge in [0.05, 0.1) is 5.02 Å². The molecule has 0 saturated heterocycles.